The molecule has 0 amide bonds. The maximum absolute atomic E-state index is 5.93. The molecule has 1 N–H and O–H groups in total. The second-order valence-corrected chi connectivity index (χ2v) is 4.20. The maximum Gasteiger partial charge on any atom is 0.0722 e. The zero-order chi connectivity index (χ0) is 10.1. The summed E-state index contributed by atoms with van der Waals surface area (Å²) in [6.45, 7) is 3.01. The molecule has 0 bridgehead atoms. The van der Waals surface area contributed by atoms with Crippen molar-refractivity contribution in [3.63, 3.8) is 0 Å². The molecule has 0 spiro atoms. The van der Waals surface area contributed by atoms with E-state index in [-0.39, 0.29) is 0 Å². The molecule has 0 saturated carbocycles. The summed E-state index contributed by atoms with van der Waals surface area (Å²) in [6.07, 6.45) is 0. The fourth-order valence-corrected chi connectivity index (χ4v) is 1.78. The average Bonchev–Trinajstić information content (AvgIpc) is 2.57. The monoisotopic (exact) mass is 228 g/mol. The van der Waals surface area contributed by atoms with E-state index in [4.69, 9.17) is 23.2 Å². The molecule has 1 unspecified atom stereocenters. The first-order valence-corrected chi connectivity index (χ1v) is 5.20. The van der Waals surface area contributed by atoms with Crippen molar-refractivity contribution >= 4 is 28.9 Å². The van der Waals surface area contributed by atoms with Crippen LogP contribution in [0.3, 0.4) is 0 Å². The molecule has 0 aromatic heterocycles. The lowest BCUT2D eigenvalue weighted by Crippen LogP contribution is -2.12. The fraction of sp³-hybridized carbons (Fsp3) is 0.300. The highest BCUT2D eigenvalue weighted by molar-refractivity contribution is 6.42. The molecule has 1 heterocycles. The molecule has 2 nitrogen and oxygen atoms in total. The first-order valence-electron chi connectivity index (χ1n) is 4.44. The van der Waals surface area contributed by atoms with E-state index in [1.165, 1.54) is 0 Å². The molecule has 1 atom stereocenters. The van der Waals surface area contributed by atoms with Gasteiger partial charge in [-0.15, -0.1) is 0 Å². The van der Waals surface area contributed by atoms with Crippen molar-refractivity contribution in [3.05, 3.63) is 33.8 Å². The Kier molecular flexibility index (Phi) is 2.66. The molecule has 0 aliphatic carbocycles. The van der Waals surface area contributed by atoms with Gasteiger partial charge in [0.1, 0.15) is 0 Å². The summed E-state index contributed by atoms with van der Waals surface area (Å²) in [5.74, 6) is 0.423. The smallest absolute Gasteiger partial charge is 0.0722 e. The van der Waals surface area contributed by atoms with Crippen LogP contribution in [0.15, 0.2) is 23.3 Å². The van der Waals surface area contributed by atoms with Gasteiger partial charge in [0, 0.05) is 12.5 Å². The predicted molar refractivity (Wildman–Crippen MR) is 60.2 cm³/mol. The molecule has 0 saturated heterocycles. The summed E-state index contributed by atoms with van der Waals surface area (Å²) in [5, 5.41) is 5.38. The highest BCUT2D eigenvalue weighted by Crippen LogP contribution is 2.24. The number of hydrogen-bond donors (Lipinski definition) is 1. The Morgan fingerprint density at radius 2 is 2.14 bits per heavy atom. The summed E-state index contributed by atoms with van der Waals surface area (Å²) < 4.78 is 0. The summed E-state index contributed by atoms with van der Waals surface area (Å²) in [4.78, 5) is 0. The predicted octanol–water partition coefficient (Wildman–Crippen LogP) is 2.94. The third kappa shape index (κ3) is 1.72. The van der Waals surface area contributed by atoms with Crippen LogP contribution >= 0.6 is 23.2 Å². The zero-order valence-corrected chi connectivity index (χ0v) is 9.23. The minimum absolute atomic E-state index is 0.423. The van der Waals surface area contributed by atoms with Crippen molar-refractivity contribution in [3.8, 4) is 0 Å². The Morgan fingerprint density at radius 3 is 2.71 bits per heavy atom. The van der Waals surface area contributed by atoms with Gasteiger partial charge in [0.05, 0.1) is 15.8 Å². The molecule has 0 radical (unpaired) electrons. The molecule has 14 heavy (non-hydrogen) atoms. The van der Waals surface area contributed by atoms with Crippen molar-refractivity contribution in [2.75, 3.05) is 6.54 Å². The van der Waals surface area contributed by atoms with Gasteiger partial charge in [0.2, 0.25) is 0 Å². The number of benzene rings is 1. The van der Waals surface area contributed by atoms with Gasteiger partial charge in [0.15, 0.2) is 0 Å². The van der Waals surface area contributed by atoms with Gasteiger partial charge >= 0.3 is 0 Å². The van der Waals surface area contributed by atoms with E-state index in [0.29, 0.717) is 16.0 Å². The van der Waals surface area contributed by atoms with Crippen molar-refractivity contribution in [1.82, 2.24) is 5.43 Å². The summed E-state index contributed by atoms with van der Waals surface area (Å²) in [5.41, 5.74) is 5.05. The Bertz CT molecular complexity index is 388. The van der Waals surface area contributed by atoms with Gasteiger partial charge in [0.25, 0.3) is 0 Å². The topological polar surface area (TPSA) is 24.4 Å². The van der Waals surface area contributed by atoms with Crippen LogP contribution in [-0.2, 0) is 0 Å². The lowest BCUT2D eigenvalue weighted by atomic mass is 10.00. The minimum Gasteiger partial charge on any atom is -0.309 e. The molecule has 2 rings (SSSR count). The van der Waals surface area contributed by atoms with Crippen LogP contribution < -0.4 is 5.43 Å². The summed E-state index contributed by atoms with van der Waals surface area (Å²) >= 11 is 11.8. The van der Waals surface area contributed by atoms with Crippen molar-refractivity contribution in [1.29, 1.82) is 0 Å². The lowest BCUT2D eigenvalue weighted by Gasteiger charge is -2.06. The number of rotatable bonds is 1. The van der Waals surface area contributed by atoms with E-state index in [1.807, 2.05) is 12.1 Å². The highest BCUT2D eigenvalue weighted by atomic mass is 35.5. The SMILES string of the molecule is CC1CNN=C1c1ccc(Cl)c(Cl)c1. The normalized spacial score (nSPS) is 20.5. The molecule has 1 aromatic carbocycles. The molecule has 74 valence electrons. The number of hydrazone groups is 1. The fourth-order valence-electron chi connectivity index (χ4n) is 1.48. The van der Waals surface area contributed by atoms with Crippen molar-refractivity contribution < 1.29 is 0 Å². The molecule has 1 aliphatic heterocycles. The Hall–Kier alpha value is -0.730. The third-order valence-electron chi connectivity index (χ3n) is 2.28. The molecule has 1 aliphatic rings. The van der Waals surface area contributed by atoms with Gasteiger partial charge in [-0.25, -0.2) is 0 Å². The van der Waals surface area contributed by atoms with E-state index in [1.54, 1.807) is 6.07 Å². The Morgan fingerprint density at radius 1 is 1.36 bits per heavy atom. The van der Waals surface area contributed by atoms with E-state index in [9.17, 15) is 0 Å². The molecule has 0 fully saturated rings. The number of nitrogens with one attached hydrogen (secondary N) is 1. The van der Waals surface area contributed by atoms with Gasteiger partial charge in [-0.1, -0.05) is 36.2 Å². The van der Waals surface area contributed by atoms with Gasteiger partial charge in [-0.05, 0) is 17.7 Å². The first-order chi connectivity index (χ1) is 6.68. The molecule has 4 heteroatoms. The molecule has 1 aromatic rings. The van der Waals surface area contributed by atoms with Crippen LogP contribution in [0.2, 0.25) is 10.0 Å². The van der Waals surface area contributed by atoms with Crippen LogP contribution in [0.1, 0.15) is 12.5 Å². The lowest BCUT2D eigenvalue weighted by molar-refractivity contribution is 0.708. The number of nitrogens with zero attached hydrogens (tertiary/aromatic N) is 1. The quantitative estimate of drug-likeness (QED) is 0.786. The Balaban J connectivity index is 2.37. The van der Waals surface area contributed by atoms with E-state index >= 15 is 0 Å². The van der Waals surface area contributed by atoms with Crippen LogP contribution in [0.4, 0.5) is 0 Å². The summed E-state index contributed by atoms with van der Waals surface area (Å²) in [6, 6.07) is 5.59. The average molecular weight is 229 g/mol. The second kappa shape index (κ2) is 3.79. The van der Waals surface area contributed by atoms with Crippen molar-refractivity contribution in [2.24, 2.45) is 11.0 Å². The van der Waals surface area contributed by atoms with Crippen LogP contribution in [0.5, 0.6) is 0 Å². The van der Waals surface area contributed by atoms with E-state index < -0.39 is 0 Å². The number of halogens is 2. The molecular formula is C10H10Cl2N2. The third-order valence-corrected chi connectivity index (χ3v) is 3.02. The van der Waals surface area contributed by atoms with Gasteiger partial charge < -0.3 is 5.43 Å². The van der Waals surface area contributed by atoms with Gasteiger partial charge in [-0.2, -0.15) is 5.10 Å². The van der Waals surface area contributed by atoms with Gasteiger partial charge in [-0.3, -0.25) is 0 Å². The second-order valence-electron chi connectivity index (χ2n) is 3.39. The minimum atomic E-state index is 0.423. The van der Waals surface area contributed by atoms with Crippen LogP contribution in [0, 0.1) is 5.92 Å². The standard InChI is InChI=1S/C10H10Cl2N2/c1-6-5-13-14-10(6)7-2-3-8(11)9(12)4-7/h2-4,6,13H,5H2,1H3. The Labute approximate surface area is 92.9 Å². The van der Waals surface area contributed by atoms with Crippen molar-refractivity contribution in [2.45, 2.75) is 6.92 Å². The maximum atomic E-state index is 5.93. The van der Waals surface area contributed by atoms with Crippen LogP contribution in [0.25, 0.3) is 0 Å². The zero-order valence-electron chi connectivity index (χ0n) is 7.72. The van der Waals surface area contributed by atoms with Crippen LogP contribution in [-0.4, -0.2) is 12.3 Å². The van der Waals surface area contributed by atoms with E-state index in [2.05, 4.69) is 17.5 Å². The molecular weight excluding hydrogens is 219 g/mol. The first kappa shape index (κ1) is 9.81. The highest BCUT2D eigenvalue weighted by Gasteiger charge is 2.18. The number of hydrogen-bond acceptors (Lipinski definition) is 2. The largest absolute Gasteiger partial charge is 0.309 e. The summed E-state index contributed by atoms with van der Waals surface area (Å²) in [7, 11) is 0. The van der Waals surface area contributed by atoms with E-state index in [0.717, 1.165) is 17.8 Å².